The van der Waals surface area contributed by atoms with Crippen molar-refractivity contribution < 1.29 is 18.7 Å². The van der Waals surface area contributed by atoms with Gasteiger partial charge in [0.15, 0.2) is 5.43 Å². The van der Waals surface area contributed by atoms with Crippen molar-refractivity contribution in [1.82, 2.24) is 0 Å². The molecule has 1 unspecified atom stereocenters. The van der Waals surface area contributed by atoms with Crippen LogP contribution >= 0.6 is 23.2 Å². The number of methoxy groups -OCH3 is 1. The van der Waals surface area contributed by atoms with Crippen LogP contribution in [0.1, 0.15) is 53.9 Å². The summed E-state index contributed by atoms with van der Waals surface area (Å²) in [6.45, 7) is 2.77. The van der Waals surface area contributed by atoms with E-state index < -0.39 is 11.9 Å². The first kappa shape index (κ1) is 25.2. The van der Waals surface area contributed by atoms with Gasteiger partial charge in [-0.1, -0.05) is 55.1 Å². The van der Waals surface area contributed by atoms with Crippen molar-refractivity contribution >= 4 is 45.8 Å². The number of hydrogen-bond acceptors (Lipinski definition) is 5. The summed E-state index contributed by atoms with van der Waals surface area (Å²) >= 11 is 12.6. The first-order valence-corrected chi connectivity index (χ1v) is 12.8. The first-order chi connectivity index (χ1) is 17.9. The number of unbranched alkanes of at least 4 members (excludes halogenated alkanes) is 2. The van der Waals surface area contributed by atoms with Crippen LogP contribution in [0, 0.1) is 0 Å². The van der Waals surface area contributed by atoms with Gasteiger partial charge in [-0.25, -0.2) is 0 Å². The zero-order valence-corrected chi connectivity index (χ0v) is 21.9. The quantitative estimate of drug-likeness (QED) is 0.218. The van der Waals surface area contributed by atoms with Gasteiger partial charge in [0.1, 0.15) is 17.1 Å². The summed E-state index contributed by atoms with van der Waals surface area (Å²) in [6.07, 6.45) is 3.20. The molecular formula is C29H25Cl2NO5. The van der Waals surface area contributed by atoms with Crippen LogP contribution in [0.25, 0.3) is 11.0 Å². The first-order valence-electron chi connectivity index (χ1n) is 12.1. The van der Waals surface area contributed by atoms with E-state index in [1.54, 1.807) is 36.4 Å². The van der Waals surface area contributed by atoms with Gasteiger partial charge in [-0.3, -0.25) is 14.5 Å². The number of nitrogens with zero attached hydrogens (tertiary/aromatic N) is 1. The van der Waals surface area contributed by atoms with E-state index in [9.17, 15) is 9.59 Å². The predicted octanol–water partition coefficient (Wildman–Crippen LogP) is 7.43. The molecule has 0 radical (unpaired) electrons. The Labute approximate surface area is 224 Å². The van der Waals surface area contributed by atoms with Gasteiger partial charge in [0.25, 0.3) is 5.91 Å². The van der Waals surface area contributed by atoms with Gasteiger partial charge in [-0.05, 0) is 60.5 Å². The average Bonchev–Trinajstić information content (AvgIpc) is 3.19. The van der Waals surface area contributed by atoms with Crippen LogP contribution in [0.3, 0.4) is 0 Å². The molecule has 0 fully saturated rings. The summed E-state index contributed by atoms with van der Waals surface area (Å²) in [6, 6.07) is 16.5. The molecule has 5 rings (SSSR count). The number of halogens is 2. The lowest BCUT2D eigenvalue weighted by atomic mass is 9.98. The Hall–Kier alpha value is -3.48. The Balaban J connectivity index is 1.63. The molecule has 2 heterocycles. The van der Waals surface area contributed by atoms with Crippen LogP contribution < -0.4 is 19.8 Å². The summed E-state index contributed by atoms with van der Waals surface area (Å²) in [5.41, 5.74) is 1.48. The molecule has 0 spiro atoms. The number of carbonyl (C=O) groups is 1. The van der Waals surface area contributed by atoms with Crippen molar-refractivity contribution in [3.8, 4) is 11.5 Å². The van der Waals surface area contributed by atoms with E-state index in [0.29, 0.717) is 39.1 Å². The number of amides is 1. The van der Waals surface area contributed by atoms with Crippen molar-refractivity contribution in [3.63, 3.8) is 0 Å². The molecule has 0 bridgehead atoms. The zero-order valence-electron chi connectivity index (χ0n) is 20.4. The Morgan fingerprint density at radius 1 is 0.973 bits per heavy atom. The third-order valence-electron chi connectivity index (χ3n) is 6.46. The Morgan fingerprint density at radius 3 is 2.46 bits per heavy atom. The second-order valence-corrected chi connectivity index (χ2v) is 9.68. The summed E-state index contributed by atoms with van der Waals surface area (Å²) in [5.74, 6) is 0.762. The van der Waals surface area contributed by atoms with Gasteiger partial charge in [0, 0.05) is 10.7 Å². The van der Waals surface area contributed by atoms with Gasteiger partial charge in [-0.2, -0.15) is 0 Å². The van der Waals surface area contributed by atoms with Crippen LogP contribution in [-0.2, 0) is 0 Å². The Bertz CT molecular complexity index is 1530. The monoisotopic (exact) mass is 537 g/mol. The molecule has 1 aliphatic heterocycles. The summed E-state index contributed by atoms with van der Waals surface area (Å²) in [4.78, 5) is 29.0. The smallest absolute Gasteiger partial charge is 0.295 e. The number of anilines is 1. The van der Waals surface area contributed by atoms with Crippen LogP contribution in [0.4, 0.5) is 5.69 Å². The van der Waals surface area contributed by atoms with Gasteiger partial charge >= 0.3 is 0 Å². The maximum absolute atomic E-state index is 13.7. The molecule has 1 amide bonds. The predicted molar refractivity (Wildman–Crippen MR) is 146 cm³/mol. The highest BCUT2D eigenvalue weighted by molar-refractivity contribution is 6.32. The number of hydrogen-bond donors (Lipinski definition) is 0. The number of rotatable bonds is 8. The van der Waals surface area contributed by atoms with E-state index in [-0.39, 0.29) is 16.8 Å². The van der Waals surface area contributed by atoms with Gasteiger partial charge in [-0.15, -0.1) is 0 Å². The van der Waals surface area contributed by atoms with E-state index in [1.807, 2.05) is 24.3 Å². The van der Waals surface area contributed by atoms with Crippen LogP contribution in [0.5, 0.6) is 11.5 Å². The van der Waals surface area contributed by atoms with Crippen LogP contribution in [0.2, 0.25) is 10.0 Å². The standard InChI is InChI=1S/C29H25Cl2NO5/c1-3-4-5-14-36-20-10-6-17(7-11-20)26-25-27(33)21-15-18(30)8-12-23(21)37-28(25)29(34)32(26)19-9-13-24(35-2)22(31)16-19/h6-13,15-16,26H,3-5,14H2,1-2H3. The molecular weight excluding hydrogens is 513 g/mol. The molecule has 1 atom stereocenters. The van der Waals surface area contributed by atoms with E-state index in [2.05, 4.69) is 6.92 Å². The molecule has 1 aliphatic rings. The molecule has 6 nitrogen and oxygen atoms in total. The van der Waals surface area contributed by atoms with E-state index in [4.69, 9.17) is 37.1 Å². The van der Waals surface area contributed by atoms with Crippen molar-refractivity contribution in [2.24, 2.45) is 0 Å². The molecule has 0 saturated heterocycles. The van der Waals surface area contributed by atoms with Gasteiger partial charge < -0.3 is 13.9 Å². The number of carbonyl (C=O) groups excluding carboxylic acids is 1. The van der Waals surface area contributed by atoms with E-state index in [1.165, 1.54) is 12.0 Å². The fourth-order valence-electron chi connectivity index (χ4n) is 4.62. The zero-order chi connectivity index (χ0) is 26.1. The highest BCUT2D eigenvalue weighted by Crippen LogP contribution is 2.43. The van der Waals surface area contributed by atoms with E-state index >= 15 is 0 Å². The number of fused-ring (bicyclic) bond motifs is 2. The molecule has 0 saturated carbocycles. The molecule has 4 aromatic rings. The number of benzene rings is 3. The minimum Gasteiger partial charge on any atom is -0.495 e. The van der Waals surface area contributed by atoms with Crippen LogP contribution in [0.15, 0.2) is 69.9 Å². The topological polar surface area (TPSA) is 69.0 Å². The third kappa shape index (κ3) is 4.67. The molecule has 0 aliphatic carbocycles. The largest absolute Gasteiger partial charge is 0.495 e. The molecule has 37 heavy (non-hydrogen) atoms. The highest BCUT2D eigenvalue weighted by Gasteiger charge is 2.43. The maximum atomic E-state index is 13.7. The SMILES string of the molecule is CCCCCOc1ccc(C2c3c(oc4ccc(Cl)cc4c3=O)C(=O)N2c2ccc(OC)c(Cl)c2)cc1. The summed E-state index contributed by atoms with van der Waals surface area (Å²) < 4.78 is 17.1. The molecule has 190 valence electrons. The Morgan fingerprint density at radius 2 is 1.76 bits per heavy atom. The fraction of sp³-hybridized carbons (Fsp3) is 0.241. The number of ether oxygens (including phenoxy) is 2. The summed E-state index contributed by atoms with van der Waals surface area (Å²) in [5, 5.41) is 1.06. The molecule has 8 heteroatoms. The average molecular weight is 538 g/mol. The van der Waals surface area contributed by atoms with Gasteiger partial charge in [0.05, 0.1) is 35.7 Å². The van der Waals surface area contributed by atoms with Crippen molar-refractivity contribution in [2.45, 2.75) is 32.2 Å². The minimum atomic E-state index is -0.735. The molecule has 1 aromatic heterocycles. The summed E-state index contributed by atoms with van der Waals surface area (Å²) in [7, 11) is 1.52. The molecule has 3 aromatic carbocycles. The fourth-order valence-corrected chi connectivity index (χ4v) is 5.04. The third-order valence-corrected chi connectivity index (χ3v) is 6.99. The lowest BCUT2D eigenvalue weighted by molar-refractivity contribution is 0.0971. The van der Waals surface area contributed by atoms with Crippen molar-refractivity contribution in [3.05, 3.63) is 97.8 Å². The lowest BCUT2D eigenvalue weighted by Crippen LogP contribution is -2.29. The Kier molecular flexibility index (Phi) is 7.13. The van der Waals surface area contributed by atoms with Gasteiger partial charge in [0.2, 0.25) is 5.76 Å². The minimum absolute atomic E-state index is 0.00310. The van der Waals surface area contributed by atoms with Crippen molar-refractivity contribution in [1.29, 1.82) is 0 Å². The highest BCUT2D eigenvalue weighted by atomic mass is 35.5. The molecule has 0 N–H and O–H groups in total. The second-order valence-electron chi connectivity index (χ2n) is 8.84. The van der Waals surface area contributed by atoms with Crippen molar-refractivity contribution in [2.75, 3.05) is 18.6 Å². The second kappa shape index (κ2) is 10.5. The lowest BCUT2D eigenvalue weighted by Gasteiger charge is -2.26. The van der Waals surface area contributed by atoms with Crippen LogP contribution in [-0.4, -0.2) is 19.6 Å². The maximum Gasteiger partial charge on any atom is 0.295 e. The van der Waals surface area contributed by atoms with E-state index in [0.717, 1.165) is 30.6 Å². The normalized spacial score (nSPS) is 14.8.